The number of aryl methyl sites for hydroxylation is 1. The van der Waals surface area contributed by atoms with Gasteiger partial charge in [0.2, 0.25) is 0 Å². The van der Waals surface area contributed by atoms with E-state index >= 15 is 0 Å². The molecule has 5 nitrogen and oxygen atoms in total. The normalized spacial score (nSPS) is 19.5. The van der Waals surface area contributed by atoms with Crippen molar-refractivity contribution in [3.05, 3.63) is 23.4 Å². The second-order valence-electron chi connectivity index (χ2n) is 6.27. The van der Waals surface area contributed by atoms with Gasteiger partial charge in [0.15, 0.2) is 0 Å². The van der Waals surface area contributed by atoms with Crippen molar-refractivity contribution in [2.75, 3.05) is 24.5 Å². The topological polar surface area (TPSA) is 71.2 Å². The Bertz CT molecular complexity index is 521. The molecule has 5 heteroatoms. The van der Waals surface area contributed by atoms with Crippen molar-refractivity contribution in [2.45, 2.75) is 38.6 Å². The molecule has 0 aromatic carbocycles. The van der Waals surface area contributed by atoms with Crippen LogP contribution in [0.15, 0.2) is 12.3 Å². The molecule has 1 saturated heterocycles. The van der Waals surface area contributed by atoms with Gasteiger partial charge >= 0.3 is 0 Å². The molecule has 3 rings (SSSR count). The Morgan fingerprint density at radius 1 is 1.38 bits per heavy atom. The van der Waals surface area contributed by atoms with E-state index in [-0.39, 0.29) is 5.91 Å². The fourth-order valence-corrected chi connectivity index (χ4v) is 3.20. The predicted molar refractivity (Wildman–Crippen MR) is 83.5 cm³/mol. The van der Waals surface area contributed by atoms with Crippen LogP contribution in [0.25, 0.3) is 0 Å². The molecule has 2 aliphatic rings. The smallest absolute Gasteiger partial charge is 0.252 e. The summed E-state index contributed by atoms with van der Waals surface area (Å²) in [4.78, 5) is 18.7. The van der Waals surface area contributed by atoms with Crippen LogP contribution in [0.4, 0.5) is 5.82 Å². The summed E-state index contributed by atoms with van der Waals surface area (Å²) in [5.74, 6) is 1.10. The number of hydrogen-bond acceptors (Lipinski definition) is 4. The summed E-state index contributed by atoms with van der Waals surface area (Å²) in [5, 5.41) is 3.40. The highest BCUT2D eigenvalue weighted by molar-refractivity contribution is 5.99. The largest absolute Gasteiger partial charge is 0.365 e. The Hall–Kier alpha value is -1.62. The van der Waals surface area contributed by atoms with Crippen LogP contribution >= 0.6 is 0 Å². The zero-order chi connectivity index (χ0) is 14.8. The molecule has 114 valence electrons. The maximum atomic E-state index is 11.8. The number of carbonyl (C=O) groups excluding carboxylic acids is 1. The van der Waals surface area contributed by atoms with Crippen molar-refractivity contribution in [2.24, 2.45) is 11.7 Å². The van der Waals surface area contributed by atoms with Crippen LogP contribution in [0.5, 0.6) is 0 Å². The van der Waals surface area contributed by atoms with Crippen molar-refractivity contribution in [3.63, 3.8) is 0 Å². The van der Waals surface area contributed by atoms with Crippen LogP contribution in [-0.4, -0.2) is 36.6 Å². The molecule has 0 bridgehead atoms. The average molecular weight is 288 g/mol. The summed E-state index contributed by atoms with van der Waals surface area (Å²) in [5.41, 5.74) is 7.11. The number of nitrogens with two attached hydrogens (primary N) is 1. The number of anilines is 1. The number of amides is 1. The summed E-state index contributed by atoms with van der Waals surface area (Å²) in [7, 11) is 0. The highest BCUT2D eigenvalue weighted by Gasteiger charge is 2.34. The molecule has 2 fully saturated rings. The lowest BCUT2D eigenvalue weighted by Crippen LogP contribution is -2.38. The number of hydrogen-bond donors (Lipinski definition) is 2. The van der Waals surface area contributed by atoms with Crippen LogP contribution in [0.2, 0.25) is 0 Å². The van der Waals surface area contributed by atoms with Gasteiger partial charge in [-0.25, -0.2) is 4.98 Å². The van der Waals surface area contributed by atoms with Crippen molar-refractivity contribution in [3.8, 4) is 0 Å². The lowest BCUT2D eigenvalue weighted by molar-refractivity contribution is 0.1000. The van der Waals surface area contributed by atoms with Gasteiger partial charge in [-0.3, -0.25) is 4.79 Å². The summed E-state index contributed by atoms with van der Waals surface area (Å²) in [6.07, 6.45) is 6.56. The monoisotopic (exact) mass is 288 g/mol. The van der Waals surface area contributed by atoms with E-state index in [1.54, 1.807) is 6.20 Å². The van der Waals surface area contributed by atoms with Gasteiger partial charge in [0.25, 0.3) is 5.91 Å². The Morgan fingerprint density at radius 2 is 2.10 bits per heavy atom. The third-order valence-electron chi connectivity index (χ3n) is 4.56. The van der Waals surface area contributed by atoms with Gasteiger partial charge < -0.3 is 16.0 Å². The van der Waals surface area contributed by atoms with E-state index in [0.717, 1.165) is 31.0 Å². The van der Waals surface area contributed by atoms with Crippen LogP contribution in [-0.2, 0) is 0 Å². The fraction of sp³-hybridized carbons (Fsp3) is 0.625. The van der Waals surface area contributed by atoms with Crippen molar-refractivity contribution in [1.82, 2.24) is 10.3 Å². The zero-order valence-electron chi connectivity index (χ0n) is 12.6. The number of pyridine rings is 1. The van der Waals surface area contributed by atoms with Crippen LogP contribution in [0, 0.1) is 12.8 Å². The quantitative estimate of drug-likeness (QED) is 0.860. The molecule has 1 aliphatic heterocycles. The van der Waals surface area contributed by atoms with E-state index in [0.29, 0.717) is 17.5 Å². The molecular formula is C16H24N4O. The molecule has 21 heavy (non-hydrogen) atoms. The first kappa shape index (κ1) is 14.3. The number of aromatic nitrogens is 1. The average Bonchev–Trinajstić information content (AvgIpc) is 3.30. The van der Waals surface area contributed by atoms with Crippen molar-refractivity contribution < 1.29 is 4.79 Å². The van der Waals surface area contributed by atoms with E-state index in [2.05, 4.69) is 15.2 Å². The van der Waals surface area contributed by atoms with Gasteiger partial charge in [0.05, 0.1) is 5.56 Å². The van der Waals surface area contributed by atoms with Gasteiger partial charge in [0, 0.05) is 18.8 Å². The molecule has 0 atom stereocenters. The molecule has 0 radical (unpaired) electrons. The summed E-state index contributed by atoms with van der Waals surface area (Å²) < 4.78 is 0. The molecular weight excluding hydrogens is 264 g/mol. The third-order valence-corrected chi connectivity index (χ3v) is 4.56. The number of piperidine rings is 1. The lowest BCUT2D eigenvalue weighted by atomic mass is 9.97. The minimum absolute atomic E-state index is 0.369. The first-order chi connectivity index (χ1) is 10.2. The zero-order valence-corrected chi connectivity index (χ0v) is 12.6. The van der Waals surface area contributed by atoms with E-state index in [9.17, 15) is 4.79 Å². The molecule has 1 aromatic rings. The second kappa shape index (κ2) is 6.02. The Morgan fingerprint density at radius 3 is 2.71 bits per heavy atom. The first-order valence-corrected chi connectivity index (χ1v) is 7.89. The van der Waals surface area contributed by atoms with Gasteiger partial charge in [-0.05, 0) is 63.2 Å². The first-order valence-electron chi connectivity index (χ1n) is 7.89. The number of primary amides is 1. The van der Waals surface area contributed by atoms with Crippen LogP contribution in [0.3, 0.4) is 0 Å². The lowest BCUT2D eigenvalue weighted by Gasteiger charge is -2.32. The molecule has 1 saturated carbocycles. The maximum absolute atomic E-state index is 11.8. The van der Waals surface area contributed by atoms with Gasteiger partial charge in [0.1, 0.15) is 5.82 Å². The summed E-state index contributed by atoms with van der Waals surface area (Å²) in [6, 6.07) is 2.39. The molecule has 3 N–H and O–H groups in total. The summed E-state index contributed by atoms with van der Waals surface area (Å²) in [6.45, 7) is 5.10. The maximum Gasteiger partial charge on any atom is 0.252 e. The summed E-state index contributed by atoms with van der Waals surface area (Å²) >= 11 is 0. The Labute approximate surface area is 125 Å². The predicted octanol–water partition coefficient (Wildman–Crippen LogP) is 1.46. The molecule has 2 heterocycles. The van der Waals surface area contributed by atoms with E-state index in [4.69, 9.17) is 5.73 Å². The van der Waals surface area contributed by atoms with Gasteiger partial charge in [-0.1, -0.05) is 0 Å². The number of rotatable bonds is 5. The molecule has 1 aromatic heterocycles. The molecule has 1 aliphatic carbocycles. The Kier molecular flexibility index (Phi) is 4.10. The minimum Gasteiger partial charge on any atom is -0.365 e. The fourth-order valence-electron chi connectivity index (χ4n) is 3.20. The SMILES string of the molecule is Cc1ccnc(N(CC2CCNCC2)C2CC2)c1C(N)=O. The highest BCUT2D eigenvalue weighted by Crippen LogP contribution is 2.34. The third kappa shape index (κ3) is 3.18. The van der Waals surface area contributed by atoms with E-state index in [1.807, 2.05) is 13.0 Å². The molecule has 0 spiro atoms. The standard InChI is InChI=1S/C16H24N4O/c1-11-4-9-19-16(14(11)15(17)21)20(13-2-3-13)10-12-5-7-18-8-6-12/h4,9,12-13,18H,2-3,5-8,10H2,1H3,(H2,17,21). The van der Waals surface area contributed by atoms with Crippen LogP contribution in [0.1, 0.15) is 41.6 Å². The second-order valence-corrected chi connectivity index (χ2v) is 6.27. The van der Waals surface area contributed by atoms with Crippen LogP contribution < -0.4 is 16.0 Å². The van der Waals surface area contributed by atoms with Gasteiger partial charge in [-0.2, -0.15) is 0 Å². The van der Waals surface area contributed by atoms with Crippen molar-refractivity contribution in [1.29, 1.82) is 0 Å². The minimum atomic E-state index is -0.369. The highest BCUT2D eigenvalue weighted by atomic mass is 16.1. The van der Waals surface area contributed by atoms with Gasteiger partial charge in [-0.15, -0.1) is 0 Å². The number of nitrogens with zero attached hydrogens (tertiary/aromatic N) is 2. The number of carbonyl (C=O) groups is 1. The van der Waals surface area contributed by atoms with E-state index in [1.165, 1.54) is 25.7 Å². The molecule has 1 amide bonds. The number of nitrogens with one attached hydrogen (secondary N) is 1. The Balaban J connectivity index is 1.87. The molecule has 0 unspecified atom stereocenters. The van der Waals surface area contributed by atoms with E-state index < -0.39 is 0 Å². The van der Waals surface area contributed by atoms with Crippen molar-refractivity contribution >= 4 is 11.7 Å².